The number of benzene rings is 1. The molecule has 0 amide bonds. The molecule has 0 saturated heterocycles. The molecule has 1 aliphatic rings. The van der Waals surface area contributed by atoms with Crippen LogP contribution in [0.15, 0.2) is 18.2 Å². The van der Waals surface area contributed by atoms with E-state index in [1.165, 1.54) is 5.56 Å². The van der Waals surface area contributed by atoms with Gasteiger partial charge in [-0.15, -0.1) is 0 Å². The maximum atomic E-state index is 5.76. The standard InChI is InChI=1S/C13H19NO2/c1-13(2,9-14)8-10-4-3-5-11-12(10)16-7-6-15-11/h3-5H,6-9,14H2,1-2H3. The third-order valence-corrected chi connectivity index (χ3v) is 2.87. The smallest absolute Gasteiger partial charge is 0.164 e. The van der Waals surface area contributed by atoms with E-state index in [1.54, 1.807) is 0 Å². The van der Waals surface area contributed by atoms with Gasteiger partial charge in [-0.1, -0.05) is 26.0 Å². The van der Waals surface area contributed by atoms with Gasteiger partial charge >= 0.3 is 0 Å². The molecule has 3 nitrogen and oxygen atoms in total. The van der Waals surface area contributed by atoms with Crippen LogP contribution in [0.2, 0.25) is 0 Å². The number of ether oxygens (including phenoxy) is 2. The van der Waals surface area contributed by atoms with Crippen molar-refractivity contribution in [2.75, 3.05) is 19.8 Å². The van der Waals surface area contributed by atoms with Crippen LogP contribution in [0.3, 0.4) is 0 Å². The molecule has 0 aliphatic carbocycles. The van der Waals surface area contributed by atoms with Gasteiger partial charge < -0.3 is 15.2 Å². The Kier molecular flexibility index (Phi) is 3.06. The Labute approximate surface area is 96.5 Å². The van der Waals surface area contributed by atoms with E-state index in [9.17, 15) is 0 Å². The highest BCUT2D eigenvalue weighted by Gasteiger charge is 2.22. The summed E-state index contributed by atoms with van der Waals surface area (Å²) in [5, 5.41) is 0. The SMILES string of the molecule is CC(C)(CN)Cc1cccc2c1OCCO2. The van der Waals surface area contributed by atoms with Crippen molar-refractivity contribution in [3.63, 3.8) is 0 Å². The molecule has 1 aliphatic heterocycles. The number of hydrogen-bond acceptors (Lipinski definition) is 3. The number of rotatable bonds is 3. The fourth-order valence-corrected chi connectivity index (χ4v) is 1.86. The van der Waals surface area contributed by atoms with E-state index in [0.717, 1.165) is 17.9 Å². The number of hydrogen-bond donors (Lipinski definition) is 1. The summed E-state index contributed by atoms with van der Waals surface area (Å²) in [6.45, 7) is 6.26. The molecule has 0 unspecified atom stereocenters. The van der Waals surface area contributed by atoms with Crippen LogP contribution >= 0.6 is 0 Å². The summed E-state index contributed by atoms with van der Waals surface area (Å²) < 4.78 is 11.2. The van der Waals surface area contributed by atoms with Crippen LogP contribution in [0.25, 0.3) is 0 Å². The van der Waals surface area contributed by atoms with Crippen LogP contribution in [0, 0.1) is 5.41 Å². The van der Waals surface area contributed by atoms with Gasteiger partial charge in [0.05, 0.1) is 0 Å². The molecule has 16 heavy (non-hydrogen) atoms. The number of para-hydroxylation sites is 1. The highest BCUT2D eigenvalue weighted by molar-refractivity contribution is 5.47. The molecular formula is C13H19NO2. The van der Waals surface area contributed by atoms with Crippen LogP contribution in [0.1, 0.15) is 19.4 Å². The monoisotopic (exact) mass is 221 g/mol. The summed E-state index contributed by atoms with van der Waals surface area (Å²) in [5.41, 5.74) is 7.04. The van der Waals surface area contributed by atoms with E-state index in [2.05, 4.69) is 19.9 Å². The highest BCUT2D eigenvalue weighted by atomic mass is 16.6. The van der Waals surface area contributed by atoms with E-state index >= 15 is 0 Å². The molecule has 0 fully saturated rings. The van der Waals surface area contributed by atoms with Crippen molar-refractivity contribution in [1.29, 1.82) is 0 Å². The minimum atomic E-state index is 0.0932. The van der Waals surface area contributed by atoms with Crippen molar-refractivity contribution in [1.82, 2.24) is 0 Å². The second-order valence-corrected chi connectivity index (χ2v) is 4.99. The molecule has 0 aromatic heterocycles. The van der Waals surface area contributed by atoms with Crippen molar-refractivity contribution in [3.8, 4) is 11.5 Å². The van der Waals surface area contributed by atoms with Gasteiger partial charge in [0.15, 0.2) is 11.5 Å². The Hall–Kier alpha value is -1.22. The van der Waals surface area contributed by atoms with E-state index < -0.39 is 0 Å². The zero-order valence-electron chi connectivity index (χ0n) is 9.95. The summed E-state index contributed by atoms with van der Waals surface area (Å²) in [4.78, 5) is 0. The fourth-order valence-electron chi connectivity index (χ4n) is 1.86. The van der Waals surface area contributed by atoms with Gasteiger partial charge in [0.25, 0.3) is 0 Å². The first-order valence-corrected chi connectivity index (χ1v) is 5.70. The van der Waals surface area contributed by atoms with Crippen molar-refractivity contribution >= 4 is 0 Å². The first-order chi connectivity index (χ1) is 7.62. The maximum absolute atomic E-state index is 5.76. The van der Waals surface area contributed by atoms with Gasteiger partial charge in [0, 0.05) is 0 Å². The molecule has 88 valence electrons. The predicted molar refractivity (Wildman–Crippen MR) is 64.0 cm³/mol. The van der Waals surface area contributed by atoms with Crippen molar-refractivity contribution in [3.05, 3.63) is 23.8 Å². The number of nitrogens with two attached hydrogens (primary N) is 1. The second kappa shape index (κ2) is 4.34. The van der Waals surface area contributed by atoms with Crippen molar-refractivity contribution in [2.24, 2.45) is 11.1 Å². The lowest BCUT2D eigenvalue weighted by molar-refractivity contribution is 0.168. The first kappa shape index (κ1) is 11.3. The van der Waals surface area contributed by atoms with Gasteiger partial charge in [-0.05, 0) is 30.0 Å². The summed E-state index contributed by atoms with van der Waals surface area (Å²) in [6, 6.07) is 6.05. The van der Waals surface area contributed by atoms with Gasteiger partial charge in [-0.25, -0.2) is 0 Å². The molecule has 0 saturated carbocycles. The largest absolute Gasteiger partial charge is 0.486 e. The third-order valence-electron chi connectivity index (χ3n) is 2.87. The van der Waals surface area contributed by atoms with E-state index in [1.807, 2.05) is 12.1 Å². The van der Waals surface area contributed by atoms with E-state index in [-0.39, 0.29) is 5.41 Å². The normalized spacial score (nSPS) is 14.9. The average molecular weight is 221 g/mol. The van der Waals surface area contributed by atoms with E-state index in [4.69, 9.17) is 15.2 Å². The second-order valence-electron chi connectivity index (χ2n) is 4.99. The minimum Gasteiger partial charge on any atom is -0.486 e. The summed E-state index contributed by atoms with van der Waals surface area (Å²) >= 11 is 0. The Morgan fingerprint density at radius 3 is 2.75 bits per heavy atom. The summed E-state index contributed by atoms with van der Waals surface area (Å²) in [5.74, 6) is 1.76. The molecule has 0 spiro atoms. The van der Waals surface area contributed by atoms with Crippen LogP contribution in [-0.2, 0) is 6.42 Å². The minimum absolute atomic E-state index is 0.0932. The molecule has 1 aromatic rings. The molecule has 1 aromatic carbocycles. The Morgan fingerprint density at radius 2 is 2.00 bits per heavy atom. The van der Waals surface area contributed by atoms with Crippen molar-refractivity contribution in [2.45, 2.75) is 20.3 Å². The third kappa shape index (κ3) is 2.30. The molecular weight excluding hydrogens is 202 g/mol. The lowest BCUT2D eigenvalue weighted by Gasteiger charge is -2.26. The Bertz CT molecular complexity index is 374. The van der Waals surface area contributed by atoms with Crippen LogP contribution < -0.4 is 15.2 Å². The molecule has 3 heteroatoms. The highest BCUT2D eigenvalue weighted by Crippen LogP contribution is 2.36. The van der Waals surface area contributed by atoms with Crippen molar-refractivity contribution < 1.29 is 9.47 Å². The molecule has 0 atom stereocenters. The van der Waals surface area contributed by atoms with Gasteiger partial charge in [-0.3, -0.25) is 0 Å². The fraction of sp³-hybridized carbons (Fsp3) is 0.538. The lowest BCUT2D eigenvalue weighted by atomic mass is 9.85. The maximum Gasteiger partial charge on any atom is 0.164 e. The number of fused-ring (bicyclic) bond motifs is 1. The molecule has 0 radical (unpaired) electrons. The lowest BCUT2D eigenvalue weighted by Crippen LogP contribution is -2.26. The quantitative estimate of drug-likeness (QED) is 0.849. The Balaban J connectivity index is 2.27. The van der Waals surface area contributed by atoms with E-state index in [0.29, 0.717) is 19.8 Å². The summed E-state index contributed by atoms with van der Waals surface area (Å²) in [6.07, 6.45) is 0.913. The topological polar surface area (TPSA) is 44.5 Å². The van der Waals surface area contributed by atoms with Crippen LogP contribution in [-0.4, -0.2) is 19.8 Å². The van der Waals surface area contributed by atoms with Crippen LogP contribution in [0.5, 0.6) is 11.5 Å². The predicted octanol–water partition coefficient (Wildman–Crippen LogP) is 1.99. The zero-order valence-corrected chi connectivity index (χ0v) is 9.95. The van der Waals surface area contributed by atoms with Gasteiger partial charge in [0.1, 0.15) is 13.2 Å². The van der Waals surface area contributed by atoms with Gasteiger partial charge in [-0.2, -0.15) is 0 Å². The summed E-state index contributed by atoms with van der Waals surface area (Å²) in [7, 11) is 0. The van der Waals surface area contributed by atoms with Crippen LogP contribution in [0.4, 0.5) is 0 Å². The molecule has 0 bridgehead atoms. The molecule has 2 N–H and O–H groups in total. The van der Waals surface area contributed by atoms with Gasteiger partial charge in [0.2, 0.25) is 0 Å². The first-order valence-electron chi connectivity index (χ1n) is 5.70. The molecule has 1 heterocycles. The Morgan fingerprint density at radius 1 is 1.25 bits per heavy atom. The average Bonchev–Trinajstić information content (AvgIpc) is 2.29. The zero-order chi connectivity index (χ0) is 11.6. The molecule has 2 rings (SSSR count).